The first-order valence-corrected chi connectivity index (χ1v) is 13.9. The highest BCUT2D eigenvalue weighted by Crippen LogP contribution is 2.43. The Bertz CT molecular complexity index is 1280. The number of para-hydroxylation sites is 1. The highest BCUT2D eigenvalue weighted by atomic mass is 79.9. The summed E-state index contributed by atoms with van der Waals surface area (Å²) in [5.74, 6) is 2.23. The van der Waals surface area contributed by atoms with E-state index in [1.807, 2.05) is 44.2 Å². The first kappa shape index (κ1) is 25.9. The minimum absolute atomic E-state index is 0.0391. The maximum Gasteiger partial charge on any atom is 0.282 e. The molecule has 8 heteroatoms. The van der Waals surface area contributed by atoms with Gasteiger partial charge in [0.15, 0.2) is 11.5 Å². The second kappa shape index (κ2) is 11.7. The molecule has 1 atom stereocenters. The molecule has 1 aliphatic carbocycles. The van der Waals surface area contributed by atoms with Gasteiger partial charge >= 0.3 is 0 Å². The molecule has 35 heavy (non-hydrogen) atoms. The highest BCUT2D eigenvalue weighted by molar-refractivity contribution is 9.13. The molecule has 186 valence electrons. The summed E-state index contributed by atoms with van der Waals surface area (Å²) in [6, 6.07) is 9.37. The molecular formula is C27H31Br2N3O3. The van der Waals surface area contributed by atoms with Crippen molar-refractivity contribution in [3.8, 4) is 11.5 Å². The Morgan fingerprint density at radius 2 is 1.91 bits per heavy atom. The lowest BCUT2D eigenvalue weighted by Crippen LogP contribution is -2.25. The summed E-state index contributed by atoms with van der Waals surface area (Å²) in [5, 5.41) is 5.25. The Labute approximate surface area is 223 Å². The molecule has 0 radical (unpaired) electrons. The van der Waals surface area contributed by atoms with E-state index in [0.717, 1.165) is 58.0 Å². The summed E-state index contributed by atoms with van der Waals surface area (Å²) in [6.45, 7) is 6.54. The van der Waals surface area contributed by atoms with E-state index < -0.39 is 0 Å². The highest BCUT2D eigenvalue weighted by Gasteiger charge is 2.23. The number of rotatable bonds is 8. The van der Waals surface area contributed by atoms with Crippen LogP contribution in [0, 0.1) is 0 Å². The molecule has 0 bridgehead atoms. The van der Waals surface area contributed by atoms with E-state index in [9.17, 15) is 4.79 Å². The van der Waals surface area contributed by atoms with Crippen LogP contribution in [0.25, 0.3) is 10.9 Å². The Kier molecular flexibility index (Phi) is 8.65. The normalized spacial score (nSPS) is 15.6. The third kappa shape index (κ3) is 5.64. The van der Waals surface area contributed by atoms with Gasteiger partial charge in [-0.25, -0.2) is 4.98 Å². The summed E-state index contributed by atoms with van der Waals surface area (Å²) in [7, 11) is 0. The minimum atomic E-state index is -0.149. The van der Waals surface area contributed by atoms with Gasteiger partial charge in [0.05, 0.1) is 34.3 Å². The molecule has 1 heterocycles. The predicted octanol–water partition coefficient (Wildman–Crippen LogP) is 7.43. The Balaban J connectivity index is 1.82. The number of hydrogen-bond acceptors (Lipinski definition) is 5. The number of nitrogens with zero attached hydrogens (tertiary/aromatic N) is 3. The zero-order valence-corrected chi connectivity index (χ0v) is 23.6. The van der Waals surface area contributed by atoms with Crippen LogP contribution in [0.2, 0.25) is 0 Å². The van der Waals surface area contributed by atoms with Crippen molar-refractivity contribution in [1.82, 2.24) is 9.66 Å². The second-order valence-electron chi connectivity index (χ2n) is 8.87. The molecule has 1 fully saturated rings. The van der Waals surface area contributed by atoms with Crippen molar-refractivity contribution < 1.29 is 9.47 Å². The first-order valence-electron chi connectivity index (χ1n) is 12.3. The fraction of sp³-hybridized carbons (Fsp3) is 0.444. The fourth-order valence-electron chi connectivity index (χ4n) is 4.35. The van der Waals surface area contributed by atoms with E-state index >= 15 is 0 Å². The molecule has 0 aliphatic heterocycles. The molecule has 0 unspecified atom stereocenters. The summed E-state index contributed by atoms with van der Waals surface area (Å²) < 4.78 is 15.0. The van der Waals surface area contributed by atoms with Gasteiger partial charge in [0, 0.05) is 16.0 Å². The van der Waals surface area contributed by atoms with Crippen molar-refractivity contribution in [2.75, 3.05) is 6.61 Å². The Morgan fingerprint density at radius 1 is 1.17 bits per heavy atom. The molecule has 4 rings (SSSR count). The third-order valence-corrected chi connectivity index (χ3v) is 8.55. The predicted molar refractivity (Wildman–Crippen MR) is 148 cm³/mol. The van der Waals surface area contributed by atoms with E-state index in [0.29, 0.717) is 23.5 Å². The lowest BCUT2D eigenvalue weighted by atomic mass is 9.88. The largest absolute Gasteiger partial charge is 0.490 e. The number of hydrogen-bond donors (Lipinski definition) is 0. The van der Waals surface area contributed by atoms with Crippen LogP contribution in [-0.2, 0) is 0 Å². The van der Waals surface area contributed by atoms with Crippen molar-refractivity contribution in [1.29, 1.82) is 0 Å². The Morgan fingerprint density at radius 3 is 2.63 bits per heavy atom. The monoisotopic (exact) mass is 603 g/mol. The average Bonchev–Trinajstić information content (AvgIpc) is 2.88. The van der Waals surface area contributed by atoms with Gasteiger partial charge in [-0.05, 0) is 83.2 Å². The van der Waals surface area contributed by atoms with E-state index in [1.54, 1.807) is 6.21 Å². The number of halogens is 2. The molecule has 3 aromatic rings. The third-order valence-electron chi connectivity index (χ3n) is 6.41. The summed E-state index contributed by atoms with van der Waals surface area (Å²) in [6.07, 6.45) is 8.16. The van der Waals surface area contributed by atoms with Crippen LogP contribution in [0.5, 0.6) is 11.5 Å². The van der Waals surface area contributed by atoms with Crippen molar-refractivity contribution in [3.63, 3.8) is 0 Å². The zero-order chi connectivity index (χ0) is 24.9. The van der Waals surface area contributed by atoms with Crippen LogP contribution in [0.4, 0.5) is 0 Å². The maximum absolute atomic E-state index is 13.5. The smallest absolute Gasteiger partial charge is 0.282 e. The van der Waals surface area contributed by atoms with Gasteiger partial charge in [-0.3, -0.25) is 4.79 Å². The van der Waals surface area contributed by atoms with E-state index in [4.69, 9.17) is 14.5 Å². The molecular weight excluding hydrogens is 574 g/mol. The average molecular weight is 605 g/mol. The molecule has 0 saturated heterocycles. The van der Waals surface area contributed by atoms with Gasteiger partial charge in [0.2, 0.25) is 0 Å². The van der Waals surface area contributed by atoms with Gasteiger partial charge < -0.3 is 9.47 Å². The van der Waals surface area contributed by atoms with Gasteiger partial charge in [0.25, 0.3) is 5.56 Å². The van der Waals surface area contributed by atoms with Crippen LogP contribution in [0.1, 0.15) is 76.6 Å². The van der Waals surface area contributed by atoms with Gasteiger partial charge in [0.1, 0.15) is 5.82 Å². The van der Waals surface area contributed by atoms with Crippen LogP contribution < -0.4 is 15.0 Å². The molecule has 0 amide bonds. The summed E-state index contributed by atoms with van der Waals surface area (Å²) in [4.78, 5) is 18.4. The SMILES string of the molecule is CCOc1cc(C=Nn2c(C3CCCCC3)nc3ccccc3c2=O)c(Br)c(Br)c1O[C@H](C)CC. The van der Waals surface area contributed by atoms with Gasteiger partial charge in [-0.15, -0.1) is 0 Å². The summed E-state index contributed by atoms with van der Waals surface area (Å²) in [5.41, 5.74) is 1.34. The minimum Gasteiger partial charge on any atom is -0.490 e. The molecule has 2 aromatic carbocycles. The van der Waals surface area contributed by atoms with E-state index in [-0.39, 0.29) is 17.6 Å². The molecule has 1 aliphatic rings. The standard InChI is InChI=1S/C27H31Br2N3O3/c1-4-17(3)35-25-22(34-5-2)15-19(23(28)24(25)29)16-30-32-26(18-11-7-6-8-12-18)31-21-14-10-9-13-20(21)27(32)33/h9-10,13-18H,4-8,11-12H2,1-3H3/t17-/m1/s1. The Hall–Kier alpha value is -2.19. The topological polar surface area (TPSA) is 65.7 Å². The molecule has 0 spiro atoms. The quantitative estimate of drug-likeness (QED) is 0.251. The zero-order valence-electron chi connectivity index (χ0n) is 20.4. The fourth-order valence-corrected chi connectivity index (χ4v) is 5.27. The van der Waals surface area contributed by atoms with Crippen LogP contribution >= 0.6 is 31.9 Å². The van der Waals surface area contributed by atoms with Gasteiger partial charge in [-0.1, -0.05) is 38.3 Å². The lowest BCUT2D eigenvalue weighted by molar-refractivity contribution is 0.201. The molecule has 1 aromatic heterocycles. The molecule has 0 N–H and O–H groups in total. The number of ether oxygens (including phenoxy) is 2. The van der Waals surface area contributed by atoms with E-state index in [2.05, 4.69) is 43.9 Å². The van der Waals surface area contributed by atoms with Crippen LogP contribution in [0.3, 0.4) is 0 Å². The van der Waals surface area contributed by atoms with Crippen molar-refractivity contribution in [2.45, 2.75) is 71.3 Å². The second-order valence-corrected chi connectivity index (χ2v) is 10.5. The van der Waals surface area contributed by atoms with Crippen molar-refractivity contribution in [2.24, 2.45) is 5.10 Å². The van der Waals surface area contributed by atoms with Crippen LogP contribution in [0.15, 0.2) is 49.2 Å². The first-order chi connectivity index (χ1) is 16.9. The van der Waals surface area contributed by atoms with Gasteiger partial charge in [-0.2, -0.15) is 9.78 Å². The van der Waals surface area contributed by atoms with E-state index in [1.165, 1.54) is 11.1 Å². The van der Waals surface area contributed by atoms with Crippen molar-refractivity contribution >= 4 is 49.0 Å². The van der Waals surface area contributed by atoms with Crippen molar-refractivity contribution in [3.05, 3.63) is 61.0 Å². The lowest BCUT2D eigenvalue weighted by Gasteiger charge is -2.23. The summed E-state index contributed by atoms with van der Waals surface area (Å²) >= 11 is 7.34. The van der Waals surface area contributed by atoms with Crippen LogP contribution in [-0.4, -0.2) is 28.6 Å². The molecule has 1 saturated carbocycles. The number of fused-ring (bicyclic) bond motifs is 1. The number of benzene rings is 2. The molecule has 6 nitrogen and oxygen atoms in total. The number of aromatic nitrogens is 2. The maximum atomic E-state index is 13.5.